The van der Waals surface area contributed by atoms with E-state index in [4.69, 9.17) is 11.6 Å². The Kier molecular flexibility index (Phi) is 5.98. The summed E-state index contributed by atoms with van der Waals surface area (Å²) < 4.78 is 38.8. The fourth-order valence-corrected chi connectivity index (χ4v) is 3.38. The topological polar surface area (TPSA) is 40.6 Å². The van der Waals surface area contributed by atoms with Crippen molar-refractivity contribution >= 4 is 23.4 Å². The van der Waals surface area contributed by atoms with Crippen molar-refractivity contribution in [2.24, 2.45) is 0 Å². The molecule has 2 rings (SSSR count). The van der Waals surface area contributed by atoms with Gasteiger partial charge in [0.25, 0.3) is 5.91 Å². The predicted octanol–water partition coefficient (Wildman–Crippen LogP) is 3.83. The molecule has 0 unspecified atom stereocenters. The van der Waals surface area contributed by atoms with Crippen LogP contribution in [0.5, 0.6) is 0 Å². The summed E-state index contributed by atoms with van der Waals surface area (Å²) >= 11 is 5.81. The lowest BCUT2D eigenvalue weighted by molar-refractivity contribution is -0.138. The molecule has 1 heterocycles. The third-order valence-corrected chi connectivity index (χ3v) is 4.87. The molecule has 1 aliphatic heterocycles. The molecule has 8 heteroatoms. The van der Waals surface area contributed by atoms with Crippen LogP contribution in [0.15, 0.2) is 18.2 Å². The molecule has 4 nitrogen and oxygen atoms in total. The van der Waals surface area contributed by atoms with Crippen molar-refractivity contribution in [3.05, 3.63) is 34.3 Å². The summed E-state index contributed by atoms with van der Waals surface area (Å²) in [6.07, 6.45) is -3.01. The zero-order valence-corrected chi connectivity index (χ0v) is 14.8. The first-order valence-corrected chi connectivity index (χ1v) is 8.52. The van der Waals surface area contributed by atoms with Crippen LogP contribution in [-0.4, -0.2) is 47.3 Å². The van der Waals surface area contributed by atoms with Crippen LogP contribution in [0.3, 0.4) is 0 Å². The smallest absolute Gasteiger partial charge is 0.336 e. The molecule has 1 aromatic rings. The van der Waals surface area contributed by atoms with Crippen molar-refractivity contribution in [2.75, 3.05) is 19.6 Å². The van der Waals surface area contributed by atoms with Crippen LogP contribution in [0.2, 0.25) is 5.02 Å². The number of alkyl halides is 3. The molecule has 0 aromatic heterocycles. The average molecular weight is 377 g/mol. The van der Waals surface area contributed by atoms with Crippen molar-refractivity contribution in [3.8, 4) is 0 Å². The molecule has 0 aliphatic carbocycles. The fraction of sp³-hybridized carbons (Fsp3) is 0.529. The van der Waals surface area contributed by atoms with Crippen LogP contribution in [0.4, 0.5) is 13.2 Å². The number of rotatable bonds is 4. The summed E-state index contributed by atoms with van der Waals surface area (Å²) in [7, 11) is 0. The summed E-state index contributed by atoms with van der Waals surface area (Å²) in [5.41, 5.74) is -1.29. The molecule has 25 heavy (non-hydrogen) atoms. The lowest BCUT2D eigenvalue weighted by Crippen LogP contribution is -2.55. The Morgan fingerprint density at radius 3 is 2.40 bits per heavy atom. The Bertz CT molecular complexity index is 660. The molecule has 0 bridgehead atoms. The first-order chi connectivity index (χ1) is 11.7. The van der Waals surface area contributed by atoms with Gasteiger partial charge in [0.2, 0.25) is 5.91 Å². The van der Waals surface area contributed by atoms with Crippen LogP contribution in [0.25, 0.3) is 0 Å². The minimum Gasteiger partial charge on any atom is -0.336 e. The molecule has 1 aliphatic rings. The van der Waals surface area contributed by atoms with E-state index in [1.165, 1.54) is 11.0 Å². The average Bonchev–Trinajstić information content (AvgIpc) is 2.55. The van der Waals surface area contributed by atoms with Gasteiger partial charge in [-0.1, -0.05) is 31.5 Å². The second-order valence-corrected chi connectivity index (χ2v) is 6.33. The Hall–Kier alpha value is -1.76. The van der Waals surface area contributed by atoms with E-state index < -0.39 is 22.7 Å². The van der Waals surface area contributed by atoms with E-state index >= 15 is 0 Å². The standard InChI is InChI=1S/C17H20ClF3N2O2/c1-3-11(4-2)23-9-8-22(10-14(23)24)16(25)12-6-5-7-13(15(12)18)17(19,20)21/h5-7,11H,3-4,8-10H2,1-2H3. The Morgan fingerprint density at radius 1 is 1.24 bits per heavy atom. The molecule has 1 fully saturated rings. The highest BCUT2D eigenvalue weighted by Gasteiger charge is 2.36. The number of amides is 2. The minimum atomic E-state index is -4.64. The van der Waals surface area contributed by atoms with Gasteiger partial charge in [-0.05, 0) is 25.0 Å². The maximum absolute atomic E-state index is 12.9. The van der Waals surface area contributed by atoms with Crippen LogP contribution in [0.1, 0.15) is 42.6 Å². The SMILES string of the molecule is CCC(CC)N1CCN(C(=O)c2cccc(C(F)(F)F)c2Cl)CC1=O. The van der Waals surface area contributed by atoms with Gasteiger partial charge < -0.3 is 9.80 Å². The van der Waals surface area contributed by atoms with Crippen LogP contribution < -0.4 is 0 Å². The van der Waals surface area contributed by atoms with E-state index in [1.54, 1.807) is 4.90 Å². The maximum Gasteiger partial charge on any atom is 0.417 e. The van der Waals surface area contributed by atoms with E-state index in [9.17, 15) is 22.8 Å². The number of halogens is 4. The summed E-state index contributed by atoms with van der Waals surface area (Å²) in [5, 5.41) is -0.630. The van der Waals surface area contributed by atoms with Crippen molar-refractivity contribution < 1.29 is 22.8 Å². The van der Waals surface area contributed by atoms with Gasteiger partial charge in [0.05, 0.1) is 16.1 Å². The van der Waals surface area contributed by atoms with E-state index in [0.29, 0.717) is 6.54 Å². The number of carbonyl (C=O) groups is 2. The normalized spacial score (nSPS) is 15.9. The number of carbonyl (C=O) groups excluding carboxylic acids is 2. The fourth-order valence-electron chi connectivity index (χ4n) is 3.06. The van der Waals surface area contributed by atoms with E-state index in [2.05, 4.69) is 0 Å². The second kappa shape index (κ2) is 7.64. The zero-order chi connectivity index (χ0) is 18.8. The molecule has 0 radical (unpaired) electrons. The van der Waals surface area contributed by atoms with Gasteiger partial charge in [0, 0.05) is 19.1 Å². The molecule has 2 amide bonds. The molecule has 0 N–H and O–H groups in total. The first-order valence-electron chi connectivity index (χ1n) is 8.15. The summed E-state index contributed by atoms with van der Waals surface area (Å²) in [5.74, 6) is -0.856. The van der Waals surface area contributed by atoms with Crippen molar-refractivity contribution in [1.82, 2.24) is 9.80 Å². The highest BCUT2D eigenvalue weighted by molar-refractivity contribution is 6.34. The van der Waals surface area contributed by atoms with Crippen molar-refractivity contribution in [2.45, 2.75) is 38.9 Å². The van der Waals surface area contributed by atoms with Crippen LogP contribution >= 0.6 is 11.6 Å². The van der Waals surface area contributed by atoms with E-state index in [0.717, 1.165) is 25.0 Å². The third-order valence-electron chi connectivity index (χ3n) is 4.46. The lowest BCUT2D eigenvalue weighted by Gasteiger charge is -2.38. The molecule has 138 valence electrons. The molecule has 0 spiro atoms. The second-order valence-electron chi connectivity index (χ2n) is 5.95. The van der Waals surface area contributed by atoms with Gasteiger partial charge in [-0.15, -0.1) is 0 Å². The third kappa shape index (κ3) is 4.08. The van der Waals surface area contributed by atoms with Crippen LogP contribution in [0, 0.1) is 0 Å². The van der Waals surface area contributed by atoms with E-state index in [-0.39, 0.29) is 30.6 Å². The number of hydrogen-bond donors (Lipinski definition) is 0. The molecular formula is C17H20ClF3N2O2. The molecule has 1 saturated heterocycles. The lowest BCUT2D eigenvalue weighted by atomic mass is 10.1. The quantitative estimate of drug-likeness (QED) is 0.801. The summed E-state index contributed by atoms with van der Waals surface area (Å²) in [6.45, 7) is 4.46. The zero-order valence-electron chi connectivity index (χ0n) is 14.1. The van der Waals surface area contributed by atoms with Gasteiger partial charge >= 0.3 is 6.18 Å². The Morgan fingerprint density at radius 2 is 1.88 bits per heavy atom. The minimum absolute atomic E-state index is 0.113. The van der Waals surface area contributed by atoms with Gasteiger partial charge in [0.1, 0.15) is 6.54 Å². The highest BCUT2D eigenvalue weighted by Crippen LogP contribution is 2.36. The number of benzene rings is 1. The van der Waals surface area contributed by atoms with Crippen LogP contribution in [-0.2, 0) is 11.0 Å². The highest BCUT2D eigenvalue weighted by atomic mass is 35.5. The summed E-state index contributed by atoms with van der Waals surface area (Å²) in [6, 6.07) is 3.33. The monoisotopic (exact) mass is 376 g/mol. The number of hydrogen-bond acceptors (Lipinski definition) is 2. The van der Waals surface area contributed by atoms with Gasteiger partial charge in [-0.2, -0.15) is 13.2 Å². The number of piperazine rings is 1. The summed E-state index contributed by atoms with van der Waals surface area (Å²) in [4.78, 5) is 27.9. The molecule has 0 atom stereocenters. The molecular weight excluding hydrogens is 357 g/mol. The van der Waals surface area contributed by atoms with E-state index in [1.807, 2.05) is 13.8 Å². The van der Waals surface area contributed by atoms with Gasteiger partial charge in [-0.25, -0.2) is 0 Å². The van der Waals surface area contributed by atoms with Gasteiger partial charge in [0.15, 0.2) is 0 Å². The largest absolute Gasteiger partial charge is 0.417 e. The maximum atomic E-state index is 12.9. The first kappa shape index (κ1) is 19.6. The molecule has 1 aromatic carbocycles. The molecule has 0 saturated carbocycles. The van der Waals surface area contributed by atoms with Gasteiger partial charge in [-0.3, -0.25) is 9.59 Å². The van der Waals surface area contributed by atoms with Crippen molar-refractivity contribution in [1.29, 1.82) is 0 Å². The Balaban J connectivity index is 2.20. The number of nitrogens with zero attached hydrogens (tertiary/aromatic N) is 2. The van der Waals surface area contributed by atoms with Crippen molar-refractivity contribution in [3.63, 3.8) is 0 Å². The predicted molar refractivity (Wildman–Crippen MR) is 88.4 cm³/mol. The Labute approximate surface area is 149 Å².